The molecule has 88 valence electrons. The Kier molecular flexibility index (Phi) is 3.73. The van der Waals surface area contributed by atoms with E-state index >= 15 is 0 Å². The smallest absolute Gasteiger partial charge is 0.277 e. The molecule has 16 heavy (non-hydrogen) atoms. The predicted molar refractivity (Wildman–Crippen MR) is 52.2 cm³/mol. The third kappa shape index (κ3) is 3.13. The lowest BCUT2D eigenvalue weighted by atomic mass is 10.2. The van der Waals surface area contributed by atoms with Gasteiger partial charge in [-0.3, -0.25) is 9.78 Å². The van der Waals surface area contributed by atoms with Crippen LogP contribution in [0.15, 0.2) is 18.5 Å². The topological polar surface area (TPSA) is 88.2 Å². The fourth-order valence-corrected chi connectivity index (χ4v) is 0.955. The number of alkyl halides is 2. The number of carbonyl (C=O) groups is 1. The highest BCUT2D eigenvalue weighted by Gasteiger charge is 2.27. The monoisotopic (exact) mass is 231 g/mol. The van der Waals surface area contributed by atoms with E-state index in [1.807, 2.05) is 5.32 Å². The third-order valence-corrected chi connectivity index (χ3v) is 1.85. The van der Waals surface area contributed by atoms with E-state index in [2.05, 4.69) is 4.98 Å². The van der Waals surface area contributed by atoms with Crippen LogP contribution in [0.5, 0.6) is 5.75 Å². The molecule has 0 aromatic carbocycles. The Labute approximate surface area is 90.3 Å². The summed E-state index contributed by atoms with van der Waals surface area (Å²) in [5.41, 5.74) is 4.69. The van der Waals surface area contributed by atoms with E-state index in [0.29, 0.717) is 0 Å². The number of nitrogens with zero attached hydrogens (tertiary/aromatic N) is 1. The first-order valence-electron chi connectivity index (χ1n) is 4.45. The van der Waals surface area contributed by atoms with Gasteiger partial charge in [-0.2, -0.15) is 0 Å². The number of rotatable bonds is 4. The van der Waals surface area contributed by atoms with Gasteiger partial charge in [-0.1, -0.05) is 0 Å². The molecule has 0 spiro atoms. The summed E-state index contributed by atoms with van der Waals surface area (Å²) in [7, 11) is 0. The van der Waals surface area contributed by atoms with Gasteiger partial charge in [0.1, 0.15) is 5.75 Å². The Morgan fingerprint density at radius 3 is 2.88 bits per heavy atom. The van der Waals surface area contributed by atoms with Crippen molar-refractivity contribution in [1.29, 1.82) is 0 Å². The minimum Gasteiger partial charge on any atom is -0.505 e. The molecule has 1 aromatic heterocycles. The number of pyridine rings is 1. The van der Waals surface area contributed by atoms with Crippen LogP contribution >= 0.6 is 0 Å². The van der Waals surface area contributed by atoms with Crippen molar-refractivity contribution in [2.75, 3.05) is 13.1 Å². The molecule has 5 nitrogen and oxygen atoms in total. The fraction of sp³-hybridized carbons (Fsp3) is 0.333. The average molecular weight is 231 g/mol. The van der Waals surface area contributed by atoms with Crippen molar-refractivity contribution in [2.24, 2.45) is 5.73 Å². The summed E-state index contributed by atoms with van der Waals surface area (Å²) in [6.45, 7) is -1.72. The Morgan fingerprint density at radius 2 is 2.31 bits per heavy atom. The lowest BCUT2D eigenvalue weighted by molar-refractivity contribution is 0.0118. The molecular weight excluding hydrogens is 220 g/mol. The number of halogens is 2. The Bertz CT molecular complexity index is 385. The van der Waals surface area contributed by atoms with Crippen molar-refractivity contribution in [2.45, 2.75) is 5.92 Å². The van der Waals surface area contributed by atoms with Gasteiger partial charge in [0.2, 0.25) is 0 Å². The first kappa shape index (κ1) is 12.3. The Morgan fingerprint density at radius 1 is 1.62 bits per heavy atom. The first-order chi connectivity index (χ1) is 7.46. The van der Waals surface area contributed by atoms with Gasteiger partial charge in [0, 0.05) is 6.20 Å². The second-order valence-corrected chi connectivity index (χ2v) is 3.14. The maximum absolute atomic E-state index is 12.7. The molecule has 0 aliphatic rings. The molecule has 0 fully saturated rings. The van der Waals surface area contributed by atoms with Gasteiger partial charge in [-0.15, -0.1) is 0 Å². The zero-order chi connectivity index (χ0) is 12.2. The van der Waals surface area contributed by atoms with E-state index in [1.54, 1.807) is 0 Å². The van der Waals surface area contributed by atoms with E-state index in [0.717, 1.165) is 6.20 Å². The largest absolute Gasteiger partial charge is 0.505 e. The molecule has 0 saturated carbocycles. The zero-order valence-corrected chi connectivity index (χ0v) is 8.28. The lowest BCUT2D eigenvalue weighted by Crippen LogP contribution is -2.41. The summed E-state index contributed by atoms with van der Waals surface area (Å²) in [5, 5.41) is 11.2. The van der Waals surface area contributed by atoms with Crippen LogP contribution in [0, 0.1) is 0 Å². The number of nitrogens with one attached hydrogen (secondary N) is 1. The van der Waals surface area contributed by atoms with Crippen molar-refractivity contribution >= 4 is 5.91 Å². The molecular formula is C9H11F2N3O2. The zero-order valence-electron chi connectivity index (χ0n) is 8.28. The van der Waals surface area contributed by atoms with E-state index < -0.39 is 24.9 Å². The molecule has 0 radical (unpaired) electrons. The molecule has 0 unspecified atom stereocenters. The summed E-state index contributed by atoms with van der Waals surface area (Å²) in [6, 6.07) is 1.23. The van der Waals surface area contributed by atoms with Crippen molar-refractivity contribution in [3.63, 3.8) is 0 Å². The summed E-state index contributed by atoms with van der Waals surface area (Å²) in [5.74, 6) is -4.32. The molecule has 1 amide bonds. The van der Waals surface area contributed by atoms with Gasteiger partial charge in [0.15, 0.2) is 0 Å². The summed E-state index contributed by atoms with van der Waals surface area (Å²) in [6.07, 6.45) is 2.33. The molecule has 1 aromatic rings. The van der Waals surface area contributed by atoms with Gasteiger partial charge < -0.3 is 16.2 Å². The second kappa shape index (κ2) is 4.84. The lowest BCUT2D eigenvalue weighted by Gasteiger charge is -2.14. The molecule has 4 N–H and O–H groups in total. The van der Waals surface area contributed by atoms with Gasteiger partial charge in [0.25, 0.3) is 11.8 Å². The van der Waals surface area contributed by atoms with Crippen LogP contribution in [0.25, 0.3) is 0 Å². The van der Waals surface area contributed by atoms with Crippen LogP contribution in [0.3, 0.4) is 0 Å². The maximum Gasteiger partial charge on any atom is 0.277 e. The molecule has 0 aliphatic carbocycles. The van der Waals surface area contributed by atoms with Crippen LogP contribution in [0.1, 0.15) is 10.4 Å². The molecule has 0 saturated heterocycles. The Balaban J connectivity index is 2.64. The summed E-state index contributed by atoms with van der Waals surface area (Å²) >= 11 is 0. The van der Waals surface area contributed by atoms with E-state index in [-0.39, 0.29) is 11.3 Å². The maximum atomic E-state index is 12.7. The van der Waals surface area contributed by atoms with Gasteiger partial charge >= 0.3 is 0 Å². The van der Waals surface area contributed by atoms with E-state index in [1.165, 1.54) is 12.3 Å². The highest BCUT2D eigenvalue weighted by Crippen LogP contribution is 2.14. The molecule has 7 heteroatoms. The van der Waals surface area contributed by atoms with Crippen LogP contribution in [-0.2, 0) is 0 Å². The fourth-order valence-electron chi connectivity index (χ4n) is 0.955. The van der Waals surface area contributed by atoms with E-state index in [9.17, 15) is 18.7 Å². The molecule has 0 aliphatic heterocycles. The minimum atomic E-state index is -3.15. The number of nitrogens with two attached hydrogens (primary N) is 1. The quantitative estimate of drug-likeness (QED) is 0.686. The summed E-state index contributed by atoms with van der Waals surface area (Å²) < 4.78 is 25.4. The SMILES string of the molecule is NCC(F)(F)CNC(=O)c1ccncc1O. The first-order valence-corrected chi connectivity index (χ1v) is 4.45. The number of carbonyl (C=O) groups excluding carboxylic acids is 1. The second-order valence-electron chi connectivity index (χ2n) is 3.14. The van der Waals surface area contributed by atoms with E-state index in [4.69, 9.17) is 5.73 Å². The molecule has 0 atom stereocenters. The van der Waals surface area contributed by atoms with Crippen LogP contribution in [-0.4, -0.2) is 35.0 Å². The molecule has 0 bridgehead atoms. The standard InChI is InChI=1S/C9H11F2N3O2/c10-9(11,4-12)5-14-8(16)6-1-2-13-3-7(6)15/h1-3,15H,4-5,12H2,(H,14,16). The van der Waals surface area contributed by atoms with Crippen molar-refractivity contribution in [1.82, 2.24) is 10.3 Å². The normalized spacial score (nSPS) is 11.2. The highest BCUT2D eigenvalue weighted by atomic mass is 19.3. The average Bonchev–Trinajstić information content (AvgIpc) is 2.27. The van der Waals surface area contributed by atoms with Crippen molar-refractivity contribution in [3.05, 3.63) is 24.0 Å². The molecule has 1 heterocycles. The number of amides is 1. The summed E-state index contributed by atoms with van der Waals surface area (Å²) in [4.78, 5) is 14.9. The highest BCUT2D eigenvalue weighted by molar-refractivity contribution is 5.96. The van der Waals surface area contributed by atoms with Gasteiger partial charge in [-0.05, 0) is 6.07 Å². The minimum absolute atomic E-state index is 0.108. The Hall–Kier alpha value is -1.76. The van der Waals surface area contributed by atoms with Crippen molar-refractivity contribution < 1.29 is 18.7 Å². The van der Waals surface area contributed by atoms with Crippen LogP contribution in [0.4, 0.5) is 8.78 Å². The molecule has 1 rings (SSSR count). The van der Waals surface area contributed by atoms with Crippen molar-refractivity contribution in [3.8, 4) is 5.75 Å². The number of aromatic hydroxyl groups is 1. The van der Waals surface area contributed by atoms with Crippen LogP contribution in [0.2, 0.25) is 0 Å². The number of hydrogen-bond donors (Lipinski definition) is 3. The number of hydrogen-bond acceptors (Lipinski definition) is 4. The van der Waals surface area contributed by atoms with Gasteiger partial charge in [0.05, 0.1) is 24.8 Å². The van der Waals surface area contributed by atoms with Gasteiger partial charge in [-0.25, -0.2) is 8.78 Å². The van der Waals surface area contributed by atoms with Crippen LogP contribution < -0.4 is 11.1 Å². The number of aromatic nitrogens is 1. The predicted octanol–water partition coefficient (Wildman–Crippen LogP) is 0.111. The third-order valence-electron chi connectivity index (χ3n) is 1.85.